The number of hydrogen-bond acceptors (Lipinski definition) is 5. The van der Waals surface area contributed by atoms with Gasteiger partial charge in [0.2, 0.25) is 0 Å². The Bertz CT molecular complexity index is 1240. The highest BCUT2D eigenvalue weighted by Crippen LogP contribution is 2.21. The van der Waals surface area contributed by atoms with Crippen molar-refractivity contribution in [3.8, 4) is 17.3 Å². The van der Waals surface area contributed by atoms with Gasteiger partial charge in [-0.3, -0.25) is 9.69 Å². The van der Waals surface area contributed by atoms with Gasteiger partial charge in [0.05, 0.1) is 28.9 Å². The second kappa shape index (κ2) is 7.38. The number of halogens is 1. The van der Waals surface area contributed by atoms with E-state index in [2.05, 4.69) is 20.0 Å². The first-order chi connectivity index (χ1) is 14.6. The van der Waals surface area contributed by atoms with E-state index in [0.717, 1.165) is 29.2 Å². The number of furan rings is 1. The van der Waals surface area contributed by atoms with Crippen LogP contribution < -0.4 is 5.56 Å². The maximum Gasteiger partial charge on any atom is 0.256 e. The molecule has 8 heteroatoms. The van der Waals surface area contributed by atoms with Gasteiger partial charge in [-0.1, -0.05) is 0 Å². The molecule has 0 radical (unpaired) electrons. The minimum atomic E-state index is -0.274. The smallest absolute Gasteiger partial charge is 0.256 e. The van der Waals surface area contributed by atoms with Gasteiger partial charge in [-0.05, 0) is 43.3 Å². The van der Waals surface area contributed by atoms with Crippen molar-refractivity contribution in [2.24, 2.45) is 0 Å². The molecule has 4 aromatic rings. The highest BCUT2D eigenvalue weighted by atomic mass is 19.1. The lowest BCUT2D eigenvalue weighted by molar-refractivity contribution is 0.241. The van der Waals surface area contributed by atoms with E-state index in [1.807, 2.05) is 13.1 Å². The Morgan fingerprint density at radius 3 is 2.83 bits per heavy atom. The SMILES string of the molecule is Cc1nn(-c2ccc(F)cc2)cc1CN1CCc2nc(-c3ccco3)[nH]c(=O)c2C1. The van der Waals surface area contributed by atoms with Gasteiger partial charge in [-0.15, -0.1) is 0 Å². The average Bonchev–Trinajstić information content (AvgIpc) is 3.40. The third-order valence-corrected chi connectivity index (χ3v) is 5.39. The third-order valence-electron chi connectivity index (χ3n) is 5.39. The molecule has 30 heavy (non-hydrogen) atoms. The number of fused-ring (bicyclic) bond motifs is 1. The van der Waals surface area contributed by atoms with Crippen LogP contribution in [0.5, 0.6) is 0 Å². The summed E-state index contributed by atoms with van der Waals surface area (Å²) in [6.45, 7) is 3.95. The number of rotatable bonds is 4. The van der Waals surface area contributed by atoms with Gasteiger partial charge < -0.3 is 9.40 Å². The monoisotopic (exact) mass is 405 g/mol. The fourth-order valence-electron chi connectivity index (χ4n) is 3.76. The van der Waals surface area contributed by atoms with Crippen LogP contribution in [0, 0.1) is 12.7 Å². The van der Waals surface area contributed by atoms with Gasteiger partial charge in [0.1, 0.15) is 5.82 Å². The van der Waals surface area contributed by atoms with Crippen LogP contribution in [0.2, 0.25) is 0 Å². The number of H-pyrrole nitrogens is 1. The summed E-state index contributed by atoms with van der Waals surface area (Å²) < 4.78 is 20.3. The molecule has 1 aromatic carbocycles. The predicted molar refractivity (Wildman–Crippen MR) is 109 cm³/mol. The summed E-state index contributed by atoms with van der Waals surface area (Å²) in [4.78, 5) is 22.3. The zero-order chi connectivity index (χ0) is 20.7. The molecule has 1 N–H and O–H groups in total. The normalized spacial score (nSPS) is 14.1. The number of hydrogen-bond donors (Lipinski definition) is 1. The second-order valence-corrected chi connectivity index (χ2v) is 7.44. The fraction of sp³-hybridized carbons (Fsp3) is 0.227. The Balaban J connectivity index is 1.36. The first-order valence-electron chi connectivity index (χ1n) is 9.76. The third kappa shape index (κ3) is 3.46. The molecule has 152 valence electrons. The molecule has 0 saturated carbocycles. The Hall–Kier alpha value is -3.52. The van der Waals surface area contributed by atoms with E-state index in [4.69, 9.17) is 4.42 Å². The lowest BCUT2D eigenvalue weighted by Gasteiger charge is -2.27. The van der Waals surface area contributed by atoms with Crippen molar-refractivity contribution >= 4 is 0 Å². The molecular formula is C22H20FN5O2. The van der Waals surface area contributed by atoms with Crippen LogP contribution in [-0.4, -0.2) is 31.2 Å². The zero-order valence-corrected chi connectivity index (χ0v) is 16.4. The van der Waals surface area contributed by atoms with Crippen LogP contribution in [0.15, 0.2) is 58.1 Å². The quantitative estimate of drug-likeness (QED) is 0.564. The van der Waals surface area contributed by atoms with Crippen molar-refractivity contribution in [3.05, 3.63) is 87.5 Å². The van der Waals surface area contributed by atoms with Crippen molar-refractivity contribution in [2.75, 3.05) is 6.54 Å². The van der Waals surface area contributed by atoms with E-state index in [1.165, 1.54) is 12.1 Å². The lowest BCUT2D eigenvalue weighted by Crippen LogP contribution is -2.35. The fourth-order valence-corrected chi connectivity index (χ4v) is 3.76. The van der Waals surface area contributed by atoms with E-state index in [0.29, 0.717) is 36.7 Å². The predicted octanol–water partition coefficient (Wildman–Crippen LogP) is 3.22. The van der Waals surface area contributed by atoms with Gasteiger partial charge in [0, 0.05) is 37.8 Å². The second-order valence-electron chi connectivity index (χ2n) is 7.44. The highest BCUT2D eigenvalue weighted by molar-refractivity contribution is 5.47. The first kappa shape index (κ1) is 18.5. The van der Waals surface area contributed by atoms with Gasteiger partial charge in [0.15, 0.2) is 11.6 Å². The summed E-state index contributed by atoms with van der Waals surface area (Å²) >= 11 is 0. The van der Waals surface area contributed by atoms with Gasteiger partial charge >= 0.3 is 0 Å². The van der Waals surface area contributed by atoms with E-state index >= 15 is 0 Å². The Labute approximate surface area is 171 Å². The molecule has 1 aliphatic rings. The average molecular weight is 405 g/mol. The lowest BCUT2D eigenvalue weighted by atomic mass is 10.1. The van der Waals surface area contributed by atoms with Gasteiger partial charge in [-0.25, -0.2) is 14.1 Å². The molecule has 0 atom stereocenters. The van der Waals surface area contributed by atoms with E-state index in [1.54, 1.807) is 35.2 Å². The maximum absolute atomic E-state index is 13.2. The van der Waals surface area contributed by atoms with Crippen LogP contribution in [0.3, 0.4) is 0 Å². The maximum atomic E-state index is 13.2. The Morgan fingerprint density at radius 2 is 2.07 bits per heavy atom. The number of aromatic nitrogens is 4. The largest absolute Gasteiger partial charge is 0.461 e. The van der Waals surface area contributed by atoms with Crippen molar-refractivity contribution in [3.63, 3.8) is 0 Å². The molecule has 0 amide bonds. The standard InChI is InChI=1S/C22H20FN5O2/c1-14-15(12-28(26-14)17-6-4-16(23)5-7-17)11-27-9-8-19-18(13-27)22(29)25-21(24-19)20-3-2-10-30-20/h2-7,10,12H,8-9,11,13H2,1H3,(H,24,25,29). The molecule has 4 heterocycles. The minimum Gasteiger partial charge on any atom is -0.461 e. The van der Waals surface area contributed by atoms with Gasteiger partial charge in [0.25, 0.3) is 5.56 Å². The summed E-state index contributed by atoms with van der Waals surface area (Å²) in [5.41, 5.74) is 4.17. The molecule has 7 nitrogen and oxygen atoms in total. The molecule has 0 saturated heterocycles. The van der Waals surface area contributed by atoms with E-state index in [-0.39, 0.29) is 11.4 Å². The van der Waals surface area contributed by atoms with Crippen LogP contribution in [0.1, 0.15) is 22.5 Å². The minimum absolute atomic E-state index is 0.130. The summed E-state index contributed by atoms with van der Waals surface area (Å²) in [7, 11) is 0. The summed E-state index contributed by atoms with van der Waals surface area (Å²) in [5, 5.41) is 4.55. The molecule has 0 fully saturated rings. The Morgan fingerprint density at radius 1 is 1.23 bits per heavy atom. The number of aryl methyl sites for hydroxylation is 1. The van der Waals surface area contributed by atoms with Gasteiger partial charge in [-0.2, -0.15) is 5.10 Å². The summed E-state index contributed by atoms with van der Waals surface area (Å²) in [5.74, 6) is 0.749. The van der Waals surface area contributed by atoms with Crippen molar-refractivity contribution in [1.29, 1.82) is 0 Å². The number of aromatic amines is 1. The van der Waals surface area contributed by atoms with Crippen LogP contribution in [0.25, 0.3) is 17.3 Å². The zero-order valence-electron chi connectivity index (χ0n) is 16.4. The van der Waals surface area contributed by atoms with E-state index in [9.17, 15) is 9.18 Å². The van der Waals surface area contributed by atoms with Crippen LogP contribution in [0.4, 0.5) is 4.39 Å². The Kier molecular flexibility index (Phi) is 4.55. The topological polar surface area (TPSA) is 80.0 Å². The van der Waals surface area contributed by atoms with Crippen molar-refractivity contribution in [1.82, 2.24) is 24.6 Å². The van der Waals surface area contributed by atoms with Crippen molar-refractivity contribution < 1.29 is 8.81 Å². The molecule has 0 aliphatic carbocycles. The summed E-state index contributed by atoms with van der Waals surface area (Å²) in [6, 6.07) is 9.79. The summed E-state index contributed by atoms with van der Waals surface area (Å²) in [6.07, 6.45) is 4.21. The molecule has 0 bridgehead atoms. The molecule has 0 unspecified atom stereocenters. The van der Waals surface area contributed by atoms with E-state index < -0.39 is 0 Å². The molecule has 1 aliphatic heterocycles. The van der Waals surface area contributed by atoms with Crippen molar-refractivity contribution in [2.45, 2.75) is 26.4 Å². The molecule has 0 spiro atoms. The molecular weight excluding hydrogens is 385 g/mol. The number of nitrogens with zero attached hydrogens (tertiary/aromatic N) is 4. The van der Waals surface area contributed by atoms with Crippen LogP contribution >= 0.6 is 0 Å². The first-order valence-corrected chi connectivity index (χ1v) is 9.76. The molecule has 3 aromatic heterocycles. The highest BCUT2D eigenvalue weighted by Gasteiger charge is 2.23. The van der Waals surface area contributed by atoms with Crippen LogP contribution in [-0.2, 0) is 19.5 Å². The molecule has 5 rings (SSSR count). The number of benzene rings is 1. The number of nitrogens with one attached hydrogen (secondary N) is 1.